The van der Waals surface area contributed by atoms with E-state index in [1.54, 1.807) is 31.2 Å². The van der Waals surface area contributed by atoms with Gasteiger partial charge in [-0.1, -0.05) is 23.7 Å². The van der Waals surface area contributed by atoms with Crippen LogP contribution in [0.15, 0.2) is 70.3 Å². The maximum absolute atomic E-state index is 12.8. The molecule has 1 aliphatic heterocycles. The first kappa shape index (κ1) is 22.3. The Morgan fingerprint density at radius 3 is 2.26 bits per heavy atom. The van der Waals surface area contributed by atoms with Gasteiger partial charge < -0.3 is 10.3 Å². The molecule has 2 heterocycles. The molecule has 5 rings (SSSR count). The summed E-state index contributed by atoms with van der Waals surface area (Å²) in [5, 5.41) is 3.07. The van der Waals surface area contributed by atoms with Crippen molar-refractivity contribution in [3.8, 4) is 0 Å². The number of amides is 3. The van der Waals surface area contributed by atoms with E-state index in [1.165, 1.54) is 36.4 Å². The van der Waals surface area contributed by atoms with Gasteiger partial charge in [0.2, 0.25) is 0 Å². The number of nitrogens with zero attached hydrogens (tertiary/aromatic N) is 2. The summed E-state index contributed by atoms with van der Waals surface area (Å²) >= 11 is 6.38. The molecule has 0 spiro atoms. The quantitative estimate of drug-likeness (QED) is 0.426. The molecule has 2 N–H and O–H groups in total. The van der Waals surface area contributed by atoms with E-state index in [0.717, 1.165) is 9.47 Å². The minimum atomic E-state index is -0.557. The molecule has 3 aromatic carbocycles. The van der Waals surface area contributed by atoms with Crippen LogP contribution in [0.3, 0.4) is 0 Å². The number of anilines is 2. The lowest BCUT2D eigenvalue weighted by Gasteiger charge is -2.16. The Kier molecular flexibility index (Phi) is 5.33. The molecular weight excluding hydrogens is 472 g/mol. The van der Waals surface area contributed by atoms with Crippen LogP contribution in [0.1, 0.15) is 38.0 Å². The second-order valence-electron chi connectivity index (χ2n) is 7.85. The van der Waals surface area contributed by atoms with Crippen molar-refractivity contribution in [2.75, 3.05) is 10.2 Å². The van der Waals surface area contributed by atoms with E-state index in [1.807, 2.05) is 0 Å². The van der Waals surface area contributed by atoms with Crippen molar-refractivity contribution in [2.24, 2.45) is 0 Å². The number of aromatic nitrogens is 2. The number of rotatable bonds is 4. The number of carbonyl (C=O) groups excluding carboxylic acids is 3. The average Bonchev–Trinajstić information content (AvgIpc) is 3.09. The smallest absolute Gasteiger partial charge is 0.322 e. The van der Waals surface area contributed by atoms with Crippen LogP contribution in [0, 0.1) is 0 Å². The molecule has 10 heteroatoms. The van der Waals surface area contributed by atoms with Gasteiger partial charge >= 0.3 is 5.69 Å². The molecule has 0 unspecified atom stereocenters. The minimum absolute atomic E-state index is 0.0975. The number of carbonyl (C=O) groups is 3. The lowest BCUT2D eigenvalue weighted by atomic mass is 10.1. The molecule has 35 heavy (non-hydrogen) atoms. The third-order valence-electron chi connectivity index (χ3n) is 5.80. The number of hydrogen-bond acceptors (Lipinski definition) is 5. The molecule has 0 aliphatic carbocycles. The summed E-state index contributed by atoms with van der Waals surface area (Å²) in [6.07, 6.45) is 0. The largest absolute Gasteiger partial charge is 0.328 e. The number of H-pyrrole nitrogens is 1. The highest BCUT2D eigenvalue weighted by Crippen LogP contribution is 2.35. The SMILES string of the molecule is CCn1c(=O)[nH]c2cc(C(=O)Nc3ccc(N4C(=O)c5ccccc5C4=O)c(Cl)c3)ccc2c1=O. The van der Waals surface area contributed by atoms with E-state index in [2.05, 4.69) is 10.3 Å². The van der Waals surface area contributed by atoms with Crippen LogP contribution in [-0.4, -0.2) is 27.3 Å². The zero-order valence-corrected chi connectivity index (χ0v) is 19.1. The van der Waals surface area contributed by atoms with E-state index < -0.39 is 29.0 Å². The summed E-state index contributed by atoms with van der Waals surface area (Å²) in [5.74, 6) is -1.45. The monoisotopic (exact) mass is 488 g/mol. The highest BCUT2D eigenvalue weighted by molar-refractivity contribution is 6.40. The van der Waals surface area contributed by atoms with Gasteiger partial charge in [0, 0.05) is 17.8 Å². The van der Waals surface area contributed by atoms with Crippen molar-refractivity contribution in [3.63, 3.8) is 0 Å². The fourth-order valence-electron chi connectivity index (χ4n) is 4.06. The second-order valence-corrected chi connectivity index (χ2v) is 8.26. The van der Waals surface area contributed by atoms with E-state index in [9.17, 15) is 24.0 Å². The van der Waals surface area contributed by atoms with Gasteiger partial charge in [0.25, 0.3) is 23.3 Å². The van der Waals surface area contributed by atoms with Gasteiger partial charge in [-0.25, -0.2) is 9.69 Å². The van der Waals surface area contributed by atoms with Gasteiger partial charge in [-0.3, -0.25) is 23.7 Å². The predicted molar refractivity (Wildman–Crippen MR) is 131 cm³/mol. The number of imide groups is 1. The maximum Gasteiger partial charge on any atom is 0.328 e. The highest BCUT2D eigenvalue weighted by Gasteiger charge is 2.37. The van der Waals surface area contributed by atoms with Crippen molar-refractivity contribution in [2.45, 2.75) is 13.5 Å². The Morgan fingerprint density at radius 2 is 1.63 bits per heavy atom. The molecule has 0 atom stereocenters. The van der Waals surface area contributed by atoms with Crippen molar-refractivity contribution in [3.05, 3.63) is 103 Å². The molecule has 3 amide bonds. The molecule has 9 nitrogen and oxygen atoms in total. The standard InChI is InChI=1S/C25H17ClN4O5/c1-2-29-22(32)17-9-7-13(11-19(17)28-25(29)35)21(31)27-14-8-10-20(18(26)12-14)30-23(33)15-5-3-4-6-16(15)24(30)34/h3-12H,2H2,1H3,(H,27,31)(H,28,35). The fraction of sp³-hybridized carbons (Fsp3) is 0.0800. The minimum Gasteiger partial charge on any atom is -0.322 e. The number of hydrogen-bond donors (Lipinski definition) is 2. The third kappa shape index (κ3) is 3.62. The van der Waals surface area contributed by atoms with E-state index >= 15 is 0 Å². The summed E-state index contributed by atoms with van der Waals surface area (Å²) in [6, 6.07) is 15.3. The maximum atomic E-state index is 12.8. The summed E-state index contributed by atoms with van der Waals surface area (Å²) < 4.78 is 1.07. The van der Waals surface area contributed by atoms with Gasteiger partial charge in [0.15, 0.2) is 0 Å². The molecule has 0 bridgehead atoms. The van der Waals surface area contributed by atoms with Crippen LogP contribution in [0.2, 0.25) is 5.02 Å². The summed E-state index contributed by atoms with van der Waals surface area (Å²) in [6.45, 7) is 1.92. The van der Waals surface area contributed by atoms with E-state index in [0.29, 0.717) is 16.8 Å². The summed E-state index contributed by atoms with van der Waals surface area (Å²) in [4.78, 5) is 66.4. The normalized spacial score (nSPS) is 12.8. The Morgan fingerprint density at radius 1 is 0.943 bits per heavy atom. The average molecular weight is 489 g/mol. The zero-order valence-electron chi connectivity index (χ0n) is 18.3. The molecular formula is C25H17ClN4O5. The van der Waals surface area contributed by atoms with E-state index in [-0.39, 0.29) is 33.7 Å². The zero-order chi connectivity index (χ0) is 24.9. The summed E-state index contributed by atoms with van der Waals surface area (Å²) in [5.41, 5.74) is 0.587. The first-order valence-electron chi connectivity index (χ1n) is 10.7. The Balaban J connectivity index is 1.41. The van der Waals surface area contributed by atoms with Crippen LogP contribution in [-0.2, 0) is 6.54 Å². The molecule has 0 fully saturated rings. The molecule has 0 saturated heterocycles. The molecule has 1 aliphatic rings. The van der Waals surface area contributed by atoms with Gasteiger partial charge in [-0.05, 0) is 55.5 Å². The number of nitrogens with one attached hydrogen (secondary N) is 2. The fourth-order valence-corrected chi connectivity index (χ4v) is 4.33. The van der Waals surface area contributed by atoms with E-state index in [4.69, 9.17) is 11.6 Å². The Hall–Kier alpha value is -4.50. The molecule has 174 valence electrons. The predicted octanol–water partition coefficient (Wildman–Crippen LogP) is 3.42. The van der Waals surface area contributed by atoms with Crippen molar-refractivity contribution < 1.29 is 14.4 Å². The lowest BCUT2D eigenvalue weighted by Crippen LogP contribution is -2.34. The van der Waals surface area contributed by atoms with Gasteiger partial charge in [0.1, 0.15) is 0 Å². The first-order chi connectivity index (χ1) is 16.8. The Bertz CT molecular complexity index is 1650. The van der Waals surface area contributed by atoms with Crippen LogP contribution in [0.5, 0.6) is 0 Å². The molecule has 0 saturated carbocycles. The van der Waals surface area contributed by atoms with Crippen molar-refractivity contribution in [1.29, 1.82) is 0 Å². The number of benzene rings is 3. The molecule has 0 radical (unpaired) electrons. The van der Waals surface area contributed by atoms with Crippen molar-refractivity contribution in [1.82, 2.24) is 9.55 Å². The second kappa shape index (κ2) is 8.37. The number of halogens is 1. The van der Waals surface area contributed by atoms with Gasteiger partial charge in [0.05, 0.1) is 32.7 Å². The number of fused-ring (bicyclic) bond motifs is 2. The third-order valence-corrected chi connectivity index (χ3v) is 6.10. The summed E-state index contributed by atoms with van der Waals surface area (Å²) in [7, 11) is 0. The highest BCUT2D eigenvalue weighted by atomic mass is 35.5. The molecule has 1 aromatic heterocycles. The van der Waals surface area contributed by atoms with Crippen LogP contribution in [0.25, 0.3) is 10.9 Å². The first-order valence-corrected chi connectivity index (χ1v) is 11.0. The van der Waals surface area contributed by atoms with Crippen LogP contribution in [0.4, 0.5) is 11.4 Å². The van der Waals surface area contributed by atoms with Crippen LogP contribution >= 0.6 is 11.6 Å². The van der Waals surface area contributed by atoms with Gasteiger partial charge in [-0.15, -0.1) is 0 Å². The molecule has 4 aromatic rings. The van der Waals surface area contributed by atoms with Crippen LogP contribution < -0.4 is 21.5 Å². The lowest BCUT2D eigenvalue weighted by molar-refractivity contribution is 0.0924. The number of aromatic amines is 1. The topological polar surface area (TPSA) is 121 Å². The van der Waals surface area contributed by atoms with Gasteiger partial charge in [-0.2, -0.15) is 0 Å². The van der Waals surface area contributed by atoms with Crippen molar-refractivity contribution >= 4 is 51.6 Å². The Labute approximate surface area is 202 Å².